The minimum atomic E-state index is 0.307. The standard InChI is InChI=1S/C14H22ClN/c1-5-14(10(2)3)16-11(4)12-8-6-7-9-13(12)15/h6-11,14,16H,5H2,1-4H3/t11-,14?/m1/s1. The van der Waals surface area contributed by atoms with E-state index in [9.17, 15) is 0 Å². The molecule has 1 rings (SSSR count). The van der Waals surface area contributed by atoms with Crippen molar-refractivity contribution in [1.82, 2.24) is 5.32 Å². The number of benzene rings is 1. The van der Waals surface area contributed by atoms with Crippen LogP contribution in [0.2, 0.25) is 5.02 Å². The summed E-state index contributed by atoms with van der Waals surface area (Å²) in [5.74, 6) is 0.648. The molecule has 0 saturated heterocycles. The molecular formula is C14H22ClN. The third-order valence-corrected chi connectivity index (χ3v) is 3.42. The fraction of sp³-hybridized carbons (Fsp3) is 0.571. The van der Waals surface area contributed by atoms with Crippen LogP contribution in [0.1, 0.15) is 45.7 Å². The summed E-state index contributed by atoms with van der Waals surface area (Å²) >= 11 is 6.19. The maximum absolute atomic E-state index is 6.19. The summed E-state index contributed by atoms with van der Waals surface area (Å²) in [6.45, 7) is 8.89. The smallest absolute Gasteiger partial charge is 0.0453 e. The second-order valence-electron chi connectivity index (χ2n) is 4.67. The van der Waals surface area contributed by atoms with Gasteiger partial charge in [0.2, 0.25) is 0 Å². The van der Waals surface area contributed by atoms with Crippen molar-refractivity contribution in [2.24, 2.45) is 5.92 Å². The summed E-state index contributed by atoms with van der Waals surface area (Å²) in [4.78, 5) is 0. The van der Waals surface area contributed by atoms with Crippen LogP contribution >= 0.6 is 11.6 Å². The molecule has 0 aliphatic heterocycles. The Morgan fingerprint density at radius 3 is 2.31 bits per heavy atom. The lowest BCUT2D eigenvalue weighted by molar-refractivity contribution is 0.356. The van der Waals surface area contributed by atoms with Crippen molar-refractivity contribution in [3.8, 4) is 0 Å². The molecule has 0 bridgehead atoms. The van der Waals surface area contributed by atoms with Crippen molar-refractivity contribution in [3.63, 3.8) is 0 Å². The number of halogens is 1. The maximum Gasteiger partial charge on any atom is 0.0453 e. The van der Waals surface area contributed by atoms with Gasteiger partial charge in [0.15, 0.2) is 0 Å². The van der Waals surface area contributed by atoms with Gasteiger partial charge in [0.05, 0.1) is 0 Å². The largest absolute Gasteiger partial charge is 0.307 e. The number of rotatable bonds is 5. The molecule has 0 aliphatic carbocycles. The fourth-order valence-corrected chi connectivity index (χ4v) is 2.32. The Morgan fingerprint density at radius 1 is 1.19 bits per heavy atom. The third kappa shape index (κ3) is 3.50. The Labute approximate surface area is 104 Å². The van der Waals surface area contributed by atoms with Crippen LogP contribution in [0.3, 0.4) is 0 Å². The van der Waals surface area contributed by atoms with E-state index in [0.717, 1.165) is 11.4 Å². The van der Waals surface area contributed by atoms with Crippen LogP contribution in [0.5, 0.6) is 0 Å². The van der Waals surface area contributed by atoms with Gasteiger partial charge in [0, 0.05) is 17.1 Å². The zero-order valence-electron chi connectivity index (χ0n) is 10.6. The Morgan fingerprint density at radius 2 is 1.81 bits per heavy atom. The van der Waals surface area contributed by atoms with Crippen LogP contribution in [0, 0.1) is 5.92 Å². The van der Waals surface area contributed by atoms with Crippen molar-refractivity contribution < 1.29 is 0 Å². The van der Waals surface area contributed by atoms with Crippen LogP contribution in [0.25, 0.3) is 0 Å². The van der Waals surface area contributed by atoms with Gasteiger partial charge in [-0.15, -0.1) is 0 Å². The van der Waals surface area contributed by atoms with Crippen molar-refractivity contribution in [2.45, 2.75) is 46.2 Å². The molecule has 0 spiro atoms. The molecule has 1 aromatic carbocycles. The third-order valence-electron chi connectivity index (χ3n) is 3.08. The highest BCUT2D eigenvalue weighted by Gasteiger charge is 2.16. The second kappa shape index (κ2) is 6.27. The molecule has 0 radical (unpaired) electrons. The highest BCUT2D eigenvalue weighted by atomic mass is 35.5. The second-order valence-corrected chi connectivity index (χ2v) is 5.08. The molecule has 1 unspecified atom stereocenters. The monoisotopic (exact) mass is 239 g/mol. The summed E-state index contributed by atoms with van der Waals surface area (Å²) in [6.07, 6.45) is 1.15. The molecule has 2 atom stereocenters. The highest BCUT2D eigenvalue weighted by Crippen LogP contribution is 2.23. The summed E-state index contributed by atoms with van der Waals surface area (Å²) in [5.41, 5.74) is 1.18. The predicted molar refractivity (Wildman–Crippen MR) is 71.9 cm³/mol. The van der Waals surface area contributed by atoms with Crippen LogP contribution in [-0.4, -0.2) is 6.04 Å². The first kappa shape index (κ1) is 13.5. The van der Waals surface area contributed by atoms with E-state index in [1.165, 1.54) is 5.56 Å². The van der Waals surface area contributed by atoms with E-state index in [2.05, 4.69) is 39.1 Å². The van der Waals surface area contributed by atoms with Gasteiger partial charge in [-0.25, -0.2) is 0 Å². The topological polar surface area (TPSA) is 12.0 Å². The maximum atomic E-state index is 6.19. The van der Waals surface area contributed by atoms with Gasteiger partial charge in [-0.2, -0.15) is 0 Å². The van der Waals surface area contributed by atoms with Crippen LogP contribution in [0.4, 0.5) is 0 Å². The van der Waals surface area contributed by atoms with E-state index in [4.69, 9.17) is 11.6 Å². The van der Waals surface area contributed by atoms with Gasteiger partial charge in [-0.05, 0) is 30.9 Å². The molecule has 0 aromatic heterocycles. The summed E-state index contributed by atoms with van der Waals surface area (Å²) < 4.78 is 0. The molecule has 0 fully saturated rings. The Balaban J connectivity index is 2.72. The lowest BCUT2D eigenvalue weighted by atomic mass is 9.99. The molecule has 1 N–H and O–H groups in total. The lowest BCUT2D eigenvalue weighted by Gasteiger charge is -2.26. The van der Waals surface area contributed by atoms with Gasteiger partial charge in [0.1, 0.15) is 0 Å². The number of nitrogens with one attached hydrogen (secondary N) is 1. The molecule has 16 heavy (non-hydrogen) atoms. The van der Waals surface area contributed by atoms with E-state index < -0.39 is 0 Å². The zero-order chi connectivity index (χ0) is 12.1. The van der Waals surface area contributed by atoms with E-state index in [1.807, 2.05) is 18.2 Å². The average molecular weight is 240 g/mol. The molecule has 1 nitrogen and oxygen atoms in total. The number of hydrogen-bond donors (Lipinski definition) is 1. The first-order chi connectivity index (χ1) is 7.56. The molecule has 2 heteroatoms. The Bertz CT molecular complexity index is 322. The molecule has 0 heterocycles. The predicted octanol–water partition coefficient (Wildman–Crippen LogP) is 4.43. The van der Waals surface area contributed by atoms with Gasteiger partial charge < -0.3 is 5.32 Å². The quantitative estimate of drug-likeness (QED) is 0.802. The molecule has 0 aliphatic rings. The number of hydrogen-bond acceptors (Lipinski definition) is 1. The summed E-state index contributed by atoms with van der Waals surface area (Å²) in [6, 6.07) is 8.90. The van der Waals surface area contributed by atoms with Crippen molar-refractivity contribution >= 4 is 11.6 Å². The van der Waals surface area contributed by atoms with E-state index in [0.29, 0.717) is 18.0 Å². The van der Waals surface area contributed by atoms with Crippen LogP contribution in [-0.2, 0) is 0 Å². The Kier molecular flexibility index (Phi) is 5.30. The average Bonchev–Trinajstić information content (AvgIpc) is 2.25. The SMILES string of the molecule is CCC(N[C@H](C)c1ccccc1Cl)C(C)C. The van der Waals surface area contributed by atoms with E-state index in [-0.39, 0.29) is 0 Å². The first-order valence-electron chi connectivity index (χ1n) is 6.06. The van der Waals surface area contributed by atoms with E-state index in [1.54, 1.807) is 0 Å². The first-order valence-corrected chi connectivity index (χ1v) is 6.44. The van der Waals surface area contributed by atoms with Gasteiger partial charge in [-0.1, -0.05) is 50.6 Å². The van der Waals surface area contributed by atoms with Gasteiger partial charge in [-0.3, -0.25) is 0 Å². The Hall–Kier alpha value is -0.530. The molecule has 1 aromatic rings. The van der Waals surface area contributed by atoms with Crippen molar-refractivity contribution in [1.29, 1.82) is 0 Å². The van der Waals surface area contributed by atoms with Crippen molar-refractivity contribution in [2.75, 3.05) is 0 Å². The van der Waals surface area contributed by atoms with E-state index >= 15 is 0 Å². The molecular weight excluding hydrogens is 218 g/mol. The molecule has 90 valence electrons. The lowest BCUT2D eigenvalue weighted by Crippen LogP contribution is -2.35. The molecule has 0 saturated carbocycles. The minimum absolute atomic E-state index is 0.307. The molecule has 0 amide bonds. The summed E-state index contributed by atoms with van der Waals surface area (Å²) in [7, 11) is 0. The van der Waals surface area contributed by atoms with Crippen LogP contribution in [0.15, 0.2) is 24.3 Å². The fourth-order valence-electron chi connectivity index (χ4n) is 2.02. The minimum Gasteiger partial charge on any atom is -0.307 e. The highest BCUT2D eigenvalue weighted by molar-refractivity contribution is 6.31. The van der Waals surface area contributed by atoms with Crippen LogP contribution < -0.4 is 5.32 Å². The van der Waals surface area contributed by atoms with Gasteiger partial charge in [0.25, 0.3) is 0 Å². The van der Waals surface area contributed by atoms with Crippen molar-refractivity contribution in [3.05, 3.63) is 34.9 Å². The van der Waals surface area contributed by atoms with Gasteiger partial charge >= 0.3 is 0 Å². The zero-order valence-corrected chi connectivity index (χ0v) is 11.4. The summed E-state index contributed by atoms with van der Waals surface area (Å²) in [5, 5.41) is 4.49. The normalized spacial score (nSPS) is 15.1.